The molecule has 0 saturated heterocycles. The van der Waals surface area contributed by atoms with E-state index in [2.05, 4.69) is 5.32 Å². The number of anilines is 1. The highest BCUT2D eigenvalue weighted by Gasteiger charge is 2.14. The van der Waals surface area contributed by atoms with E-state index >= 15 is 0 Å². The average molecular weight is 260 g/mol. The fraction of sp³-hybridized carbons (Fsp3) is 0.200. The third-order valence-corrected chi connectivity index (χ3v) is 1.86. The molecule has 2 amide bonds. The predicted octanol–water partition coefficient (Wildman–Crippen LogP) is 0.532. The normalized spacial score (nSPS) is 11.7. The first kappa shape index (κ1) is 13.8. The van der Waals surface area contributed by atoms with Gasteiger partial charge in [-0.05, 0) is 12.1 Å². The molecular formula is C10H10F2N2O4. The van der Waals surface area contributed by atoms with E-state index in [9.17, 15) is 18.4 Å². The number of aliphatic carboxylic acids is 1. The van der Waals surface area contributed by atoms with Crippen LogP contribution in [0, 0.1) is 11.6 Å². The van der Waals surface area contributed by atoms with Crippen LogP contribution in [0.15, 0.2) is 18.2 Å². The van der Waals surface area contributed by atoms with Crippen molar-refractivity contribution in [2.24, 2.45) is 0 Å². The number of carboxylic acids is 1. The van der Waals surface area contributed by atoms with Crippen molar-refractivity contribution in [1.29, 1.82) is 0 Å². The smallest absolute Gasteiger partial charge is 0.334 e. The molecule has 0 aromatic heterocycles. The van der Waals surface area contributed by atoms with Crippen molar-refractivity contribution in [1.82, 2.24) is 5.32 Å². The van der Waals surface area contributed by atoms with Crippen LogP contribution in [-0.4, -0.2) is 34.9 Å². The summed E-state index contributed by atoms with van der Waals surface area (Å²) in [6.45, 7) is -0.529. The molecule has 1 atom stereocenters. The molecule has 1 rings (SSSR count). The summed E-state index contributed by atoms with van der Waals surface area (Å²) >= 11 is 0. The molecule has 0 aliphatic heterocycles. The first-order valence-electron chi connectivity index (χ1n) is 4.80. The molecule has 0 aliphatic rings. The summed E-state index contributed by atoms with van der Waals surface area (Å²) < 4.78 is 25.5. The number of aliphatic hydroxyl groups excluding tert-OH is 1. The Bertz CT molecular complexity index is 447. The first-order chi connectivity index (χ1) is 8.38. The van der Waals surface area contributed by atoms with Gasteiger partial charge in [0, 0.05) is 11.8 Å². The van der Waals surface area contributed by atoms with Crippen molar-refractivity contribution in [3.63, 3.8) is 0 Å². The molecule has 1 aromatic carbocycles. The van der Waals surface area contributed by atoms with E-state index in [0.29, 0.717) is 6.07 Å². The van der Waals surface area contributed by atoms with Crippen molar-refractivity contribution in [3.8, 4) is 0 Å². The highest BCUT2D eigenvalue weighted by Crippen LogP contribution is 2.12. The maximum absolute atomic E-state index is 12.8. The van der Waals surface area contributed by atoms with E-state index in [1.165, 1.54) is 0 Å². The largest absolute Gasteiger partial charge is 0.479 e. The highest BCUT2D eigenvalue weighted by atomic mass is 19.1. The average Bonchev–Trinajstić information content (AvgIpc) is 2.24. The van der Waals surface area contributed by atoms with Crippen molar-refractivity contribution in [2.75, 3.05) is 11.9 Å². The molecule has 0 spiro atoms. The van der Waals surface area contributed by atoms with E-state index in [1.807, 2.05) is 5.32 Å². The number of carbonyl (C=O) groups excluding carboxylic acids is 1. The Morgan fingerprint density at radius 1 is 1.22 bits per heavy atom. The molecule has 98 valence electrons. The lowest BCUT2D eigenvalue weighted by Crippen LogP contribution is -2.38. The van der Waals surface area contributed by atoms with Crippen LogP contribution in [0.5, 0.6) is 0 Å². The van der Waals surface area contributed by atoms with E-state index in [0.717, 1.165) is 12.1 Å². The Kier molecular flexibility index (Phi) is 4.55. The van der Waals surface area contributed by atoms with Crippen LogP contribution in [0.25, 0.3) is 0 Å². The topological polar surface area (TPSA) is 98.7 Å². The van der Waals surface area contributed by atoms with Crippen LogP contribution in [0.4, 0.5) is 19.3 Å². The molecule has 6 nitrogen and oxygen atoms in total. The number of amides is 2. The van der Waals surface area contributed by atoms with Crippen LogP contribution in [0.3, 0.4) is 0 Å². The van der Waals surface area contributed by atoms with Crippen molar-refractivity contribution < 1.29 is 28.6 Å². The van der Waals surface area contributed by atoms with E-state index in [1.54, 1.807) is 0 Å². The third-order valence-electron chi connectivity index (χ3n) is 1.86. The Balaban J connectivity index is 2.52. The Morgan fingerprint density at radius 3 is 2.28 bits per heavy atom. The van der Waals surface area contributed by atoms with Gasteiger partial charge in [-0.25, -0.2) is 18.4 Å². The maximum Gasteiger partial charge on any atom is 0.334 e. The highest BCUT2D eigenvalue weighted by molar-refractivity contribution is 5.89. The second-order valence-electron chi connectivity index (χ2n) is 3.35. The SMILES string of the molecule is O=C(NCC(O)C(=O)O)Nc1cc(F)cc(F)c1. The quantitative estimate of drug-likeness (QED) is 0.634. The molecule has 0 bridgehead atoms. The van der Waals surface area contributed by atoms with Crippen molar-refractivity contribution in [3.05, 3.63) is 29.8 Å². The minimum Gasteiger partial charge on any atom is -0.479 e. The number of nitrogens with one attached hydrogen (secondary N) is 2. The van der Waals surface area contributed by atoms with Crippen LogP contribution >= 0.6 is 0 Å². The summed E-state index contributed by atoms with van der Waals surface area (Å²) in [5, 5.41) is 21.3. The lowest BCUT2D eigenvalue weighted by molar-refractivity contribution is -0.146. The third kappa shape index (κ3) is 4.34. The number of hydrogen-bond acceptors (Lipinski definition) is 3. The van der Waals surface area contributed by atoms with Gasteiger partial charge < -0.3 is 20.8 Å². The number of benzene rings is 1. The van der Waals surface area contributed by atoms with Crippen molar-refractivity contribution in [2.45, 2.75) is 6.10 Å². The second kappa shape index (κ2) is 5.92. The van der Waals surface area contributed by atoms with Gasteiger partial charge in [-0.15, -0.1) is 0 Å². The number of urea groups is 1. The molecule has 0 heterocycles. The summed E-state index contributed by atoms with van der Waals surface area (Å²) in [6.07, 6.45) is -1.75. The summed E-state index contributed by atoms with van der Waals surface area (Å²) in [6, 6.07) is 1.52. The summed E-state index contributed by atoms with van der Waals surface area (Å²) in [5.74, 6) is -3.22. The minimum absolute atomic E-state index is 0.130. The minimum atomic E-state index is -1.75. The van der Waals surface area contributed by atoms with Gasteiger partial charge in [0.15, 0.2) is 6.10 Å². The van der Waals surface area contributed by atoms with Gasteiger partial charge in [0.25, 0.3) is 0 Å². The van der Waals surface area contributed by atoms with E-state index in [-0.39, 0.29) is 5.69 Å². The monoisotopic (exact) mass is 260 g/mol. The first-order valence-corrected chi connectivity index (χ1v) is 4.80. The van der Waals surface area contributed by atoms with Gasteiger partial charge >= 0.3 is 12.0 Å². The number of carboxylic acid groups (broad SMARTS) is 1. The fourth-order valence-electron chi connectivity index (χ4n) is 1.08. The molecule has 0 saturated carbocycles. The van der Waals surface area contributed by atoms with Gasteiger partial charge in [0.05, 0.1) is 6.54 Å². The lowest BCUT2D eigenvalue weighted by Gasteiger charge is -2.09. The molecule has 0 radical (unpaired) electrons. The Labute approximate surface area is 100 Å². The number of aliphatic hydroxyl groups is 1. The second-order valence-corrected chi connectivity index (χ2v) is 3.35. The van der Waals surface area contributed by atoms with Crippen LogP contribution in [-0.2, 0) is 4.79 Å². The van der Waals surface area contributed by atoms with Gasteiger partial charge in [0.2, 0.25) is 0 Å². The van der Waals surface area contributed by atoms with Gasteiger partial charge in [-0.2, -0.15) is 0 Å². The maximum atomic E-state index is 12.8. The summed E-state index contributed by atoms with van der Waals surface area (Å²) in [7, 11) is 0. The van der Waals surface area contributed by atoms with E-state index in [4.69, 9.17) is 10.2 Å². The zero-order valence-electron chi connectivity index (χ0n) is 8.98. The predicted molar refractivity (Wildman–Crippen MR) is 57.0 cm³/mol. The zero-order chi connectivity index (χ0) is 13.7. The molecular weight excluding hydrogens is 250 g/mol. The standard InChI is InChI=1S/C10H10F2N2O4/c11-5-1-6(12)3-7(2-5)14-10(18)13-4-8(15)9(16)17/h1-3,8,15H,4H2,(H,16,17)(H2,13,14,18). The Hall–Kier alpha value is -2.22. The lowest BCUT2D eigenvalue weighted by atomic mass is 10.3. The van der Waals surface area contributed by atoms with Gasteiger partial charge in [-0.1, -0.05) is 0 Å². The number of hydrogen-bond donors (Lipinski definition) is 4. The summed E-state index contributed by atoms with van der Waals surface area (Å²) in [4.78, 5) is 21.4. The van der Waals surface area contributed by atoms with Crippen molar-refractivity contribution >= 4 is 17.7 Å². The fourth-order valence-corrected chi connectivity index (χ4v) is 1.08. The van der Waals surface area contributed by atoms with Crippen LogP contribution < -0.4 is 10.6 Å². The molecule has 8 heteroatoms. The molecule has 4 N–H and O–H groups in total. The Morgan fingerprint density at radius 2 is 1.78 bits per heavy atom. The summed E-state index contributed by atoms with van der Waals surface area (Å²) in [5.41, 5.74) is -0.130. The molecule has 0 aliphatic carbocycles. The molecule has 0 fully saturated rings. The van der Waals surface area contributed by atoms with Crippen LogP contribution in [0.1, 0.15) is 0 Å². The van der Waals surface area contributed by atoms with Crippen LogP contribution in [0.2, 0.25) is 0 Å². The molecule has 1 aromatic rings. The number of rotatable bonds is 4. The molecule has 18 heavy (non-hydrogen) atoms. The molecule has 1 unspecified atom stereocenters. The van der Waals surface area contributed by atoms with E-state index < -0.39 is 36.3 Å². The number of carbonyl (C=O) groups is 2. The van der Waals surface area contributed by atoms with Gasteiger partial charge in [0.1, 0.15) is 11.6 Å². The zero-order valence-corrected chi connectivity index (χ0v) is 8.98. The van der Waals surface area contributed by atoms with Gasteiger partial charge in [-0.3, -0.25) is 0 Å². The number of halogens is 2.